The number of fused-ring (bicyclic) bond motifs is 1. The lowest BCUT2D eigenvalue weighted by atomic mass is 10.0. The Kier molecular flexibility index (Phi) is 5.51. The zero-order chi connectivity index (χ0) is 20.2. The van der Waals surface area contributed by atoms with Gasteiger partial charge in [-0.15, -0.1) is 10.2 Å². The molecule has 1 aromatic heterocycles. The Labute approximate surface area is 169 Å². The smallest absolute Gasteiger partial charge is 0.254 e. The fourth-order valence-corrected chi connectivity index (χ4v) is 3.70. The van der Waals surface area contributed by atoms with Gasteiger partial charge in [-0.05, 0) is 25.8 Å². The van der Waals surface area contributed by atoms with Crippen molar-refractivity contribution in [2.75, 3.05) is 19.6 Å². The lowest BCUT2D eigenvalue weighted by molar-refractivity contribution is -0.127. The third-order valence-corrected chi connectivity index (χ3v) is 5.28. The van der Waals surface area contributed by atoms with Gasteiger partial charge < -0.3 is 10.2 Å². The summed E-state index contributed by atoms with van der Waals surface area (Å²) in [6.45, 7) is 4.03. The van der Waals surface area contributed by atoms with Gasteiger partial charge in [-0.1, -0.05) is 48.0 Å². The Bertz CT molecular complexity index is 1050. The fourth-order valence-electron chi connectivity index (χ4n) is 3.70. The zero-order valence-electron chi connectivity index (χ0n) is 16.5. The summed E-state index contributed by atoms with van der Waals surface area (Å²) in [5.74, 6) is 0.0433. The molecule has 29 heavy (non-hydrogen) atoms. The van der Waals surface area contributed by atoms with Gasteiger partial charge in [0.25, 0.3) is 5.91 Å². The van der Waals surface area contributed by atoms with Gasteiger partial charge in [0.15, 0.2) is 0 Å². The first-order valence-corrected chi connectivity index (χ1v) is 10.0. The van der Waals surface area contributed by atoms with E-state index in [2.05, 4.69) is 15.5 Å². The fraction of sp³-hybridized carbons (Fsp3) is 0.304. The topological polar surface area (TPSA) is 75.2 Å². The number of amides is 2. The van der Waals surface area contributed by atoms with Crippen LogP contribution < -0.4 is 5.32 Å². The van der Waals surface area contributed by atoms with Gasteiger partial charge in [0.1, 0.15) is 5.69 Å². The lowest BCUT2D eigenvalue weighted by Crippen LogP contribution is -2.31. The van der Waals surface area contributed by atoms with Crippen molar-refractivity contribution in [2.24, 2.45) is 0 Å². The minimum atomic E-state index is -0.167. The highest BCUT2D eigenvalue weighted by Crippen LogP contribution is 2.27. The molecule has 6 heteroatoms. The Morgan fingerprint density at radius 2 is 1.90 bits per heavy atom. The van der Waals surface area contributed by atoms with Crippen molar-refractivity contribution in [3.8, 4) is 11.3 Å². The monoisotopic (exact) mass is 388 g/mol. The summed E-state index contributed by atoms with van der Waals surface area (Å²) in [6, 6.07) is 15.5. The summed E-state index contributed by atoms with van der Waals surface area (Å²) in [6.07, 6.45) is 2.30. The van der Waals surface area contributed by atoms with Crippen LogP contribution in [0.25, 0.3) is 22.2 Å². The van der Waals surface area contributed by atoms with Crippen LogP contribution in [0.4, 0.5) is 0 Å². The van der Waals surface area contributed by atoms with Gasteiger partial charge in [0.05, 0.1) is 11.1 Å². The number of carbonyl (C=O) groups is 2. The lowest BCUT2D eigenvalue weighted by Gasteiger charge is -2.16. The number of hydrogen-bond donors (Lipinski definition) is 1. The van der Waals surface area contributed by atoms with Crippen molar-refractivity contribution in [1.29, 1.82) is 0 Å². The van der Waals surface area contributed by atoms with E-state index in [1.807, 2.05) is 60.4 Å². The van der Waals surface area contributed by atoms with E-state index in [9.17, 15) is 9.59 Å². The first-order valence-electron chi connectivity index (χ1n) is 10.0. The van der Waals surface area contributed by atoms with Crippen LogP contribution >= 0.6 is 0 Å². The molecule has 0 radical (unpaired) electrons. The molecule has 1 aliphatic heterocycles. The third kappa shape index (κ3) is 4.11. The molecule has 0 saturated carbocycles. The summed E-state index contributed by atoms with van der Waals surface area (Å²) in [7, 11) is 0. The number of rotatable bonds is 6. The number of nitrogens with zero attached hydrogens (tertiary/aromatic N) is 3. The molecule has 0 aliphatic carbocycles. The molecule has 0 unspecified atom stereocenters. The summed E-state index contributed by atoms with van der Waals surface area (Å²) in [5, 5.41) is 12.5. The molecular weight excluding hydrogens is 364 g/mol. The Balaban J connectivity index is 1.57. The number of benzene rings is 2. The van der Waals surface area contributed by atoms with Gasteiger partial charge in [0, 0.05) is 37.0 Å². The second-order valence-electron chi connectivity index (χ2n) is 7.40. The molecule has 1 N–H and O–H groups in total. The van der Waals surface area contributed by atoms with Crippen LogP contribution in [-0.2, 0) is 4.79 Å². The van der Waals surface area contributed by atoms with Crippen molar-refractivity contribution < 1.29 is 9.59 Å². The van der Waals surface area contributed by atoms with Crippen molar-refractivity contribution >= 4 is 22.7 Å². The number of carbonyl (C=O) groups excluding carboxylic acids is 2. The molecule has 0 spiro atoms. The minimum absolute atomic E-state index is 0.167. The Morgan fingerprint density at radius 1 is 1.10 bits per heavy atom. The predicted molar refractivity (Wildman–Crippen MR) is 112 cm³/mol. The van der Waals surface area contributed by atoms with Crippen LogP contribution in [0.15, 0.2) is 48.5 Å². The summed E-state index contributed by atoms with van der Waals surface area (Å²) in [4.78, 5) is 26.7. The second kappa shape index (κ2) is 8.39. The van der Waals surface area contributed by atoms with E-state index >= 15 is 0 Å². The van der Waals surface area contributed by atoms with E-state index in [0.29, 0.717) is 36.3 Å². The summed E-state index contributed by atoms with van der Waals surface area (Å²) in [5.41, 5.74) is 3.82. The average molecular weight is 388 g/mol. The van der Waals surface area contributed by atoms with E-state index < -0.39 is 0 Å². The van der Waals surface area contributed by atoms with E-state index in [-0.39, 0.29) is 11.8 Å². The van der Waals surface area contributed by atoms with Crippen molar-refractivity contribution in [3.05, 3.63) is 59.7 Å². The Hall–Kier alpha value is -3.28. The van der Waals surface area contributed by atoms with Gasteiger partial charge in [-0.3, -0.25) is 9.59 Å². The highest BCUT2D eigenvalue weighted by Gasteiger charge is 2.21. The van der Waals surface area contributed by atoms with Crippen molar-refractivity contribution in [3.63, 3.8) is 0 Å². The van der Waals surface area contributed by atoms with Crippen molar-refractivity contribution in [2.45, 2.75) is 26.2 Å². The van der Waals surface area contributed by atoms with Gasteiger partial charge in [-0.2, -0.15) is 0 Å². The number of aromatic nitrogens is 2. The van der Waals surface area contributed by atoms with Gasteiger partial charge >= 0.3 is 0 Å². The van der Waals surface area contributed by atoms with E-state index in [0.717, 1.165) is 35.9 Å². The SMILES string of the molecule is Cc1ccc(-c2nnc3ccccc3c2C(=O)NCCCN2CCCC2=O)cc1. The second-order valence-corrected chi connectivity index (χ2v) is 7.40. The van der Waals surface area contributed by atoms with E-state index in [4.69, 9.17) is 0 Å². The summed E-state index contributed by atoms with van der Waals surface area (Å²) < 4.78 is 0. The van der Waals surface area contributed by atoms with Crippen LogP contribution in [0.2, 0.25) is 0 Å². The quantitative estimate of drug-likeness (QED) is 0.657. The number of aryl methyl sites for hydroxylation is 1. The zero-order valence-corrected chi connectivity index (χ0v) is 16.5. The molecular formula is C23H24N4O2. The molecule has 4 rings (SSSR count). The molecule has 2 amide bonds. The molecule has 1 aliphatic rings. The largest absolute Gasteiger partial charge is 0.352 e. The molecule has 2 heterocycles. The number of hydrogen-bond acceptors (Lipinski definition) is 4. The van der Waals surface area contributed by atoms with E-state index in [1.165, 1.54) is 0 Å². The standard InChI is InChI=1S/C23H24N4O2/c1-16-9-11-17(12-10-16)22-21(18-6-2-3-7-19(18)25-26-22)23(29)24-13-5-15-27-14-4-8-20(27)28/h2-3,6-7,9-12H,4-5,8,13-15H2,1H3,(H,24,29). The highest BCUT2D eigenvalue weighted by atomic mass is 16.2. The molecule has 0 bridgehead atoms. The number of nitrogens with one attached hydrogen (secondary N) is 1. The molecule has 2 aromatic carbocycles. The average Bonchev–Trinajstić information content (AvgIpc) is 3.15. The maximum atomic E-state index is 13.1. The normalized spacial score (nSPS) is 13.8. The minimum Gasteiger partial charge on any atom is -0.352 e. The maximum absolute atomic E-state index is 13.1. The summed E-state index contributed by atoms with van der Waals surface area (Å²) >= 11 is 0. The van der Waals surface area contributed by atoms with Crippen LogP contribution in [0.5, 0.6) is 0 Å². The maximum Gasteiger partial charge on any atom is 0.254 e. The molecule has 1 fully saturated rings. The molecule has 0 atom stereocenters. The molecule has 3 aromatic rings. The molecule has 1 saturated heterocycles. The third-order valence-electron chi connectivity index (χ3n) is 5.28. The van der Waals surface area contributed by atoms with Crippen LogP contribution in [-0.4, -0.2) is 46.5 Å². The Morgan fingerprint density at radius 3 is 2.66 bits per heavy atom. The first kappa shape index (κ1) is 19.1. The van der Waals surface area contributed by atoms with Crippen LogP contribution in [0.1, 0.15) is 35.2 Å². The van der Waals surface area contributed by atoms with Gasteiger partial charge in [-0.25, -0.2) is 0 Å². The predicted octanol–water partition coefficient (Wildman–Crippen LogP) is 3.35. The first-order chi connectivity index (χ1) is 14.1. The van der Waals surface area contributed by atoms with E-state index in [1.54, 1.807) is 0 Å². The van der Waals surface area contributed by atoms with Crippen LogP contribution in [0, 0.1) is 6.92 Å². The van der Waals surface area contributed by atoms with Gasteiger partial charge in [0.2, 0.25) is 5.91 Å². The van der Waals surface area contributed by atoms with Crippen molar-refractivity contribution in [1.82, 2.24) is 20.4 Å². The molecule has 6 nitrogen and oxygen atoms in total. The molecule has 148 valence electrons. The van der Waals surface area contributed by atoms with Crippen LogP contribution in [0.3, 0.4) is 0 Å². The highest BCUT2D eigenvalue weighted by molar-refractivity contribution is 6.10. The number of likely N-dealkylation sites (tertiary alicyclic amines) is 1.